The zero-order valence-electron chi connectivity index (χ0n) is 11.9. The summed E-state index contributed by atoms with van der Waals surface area (Å²) in [4.78, 5) is 6.32. The Hall–Kier alpha value is -2.07. The number of aliphatic hydroxyl groups is 1. The van der Waals surface area contributed by atoms with Crippen LogP contribution < -0.4 is 9.64 Å². The molecule has 0 amide bonds. The predicted molar refractivity (Wildman–Crippen MR) is 80.1 cm³/mol. The maximum absolute atomic E-state index is 9.44. The SMILES string of the molecule is C[C@@H](O)c1ccc(OCCN(C)c2ccccn2)cc1. The molecule has 0 aliphatic heterocycles. The summed E-state index contributed by atoms with van der Waals surface area (Å²) in [6.45, 7) is 3.09. The molecule has 1 aromatic heterocycles. The molecule has 1 N–H and O–H groups in total. The van der Waals surface area contributed by atoms with Gasteiger partial charge in [-0.15, -0.1) is 0 Å². The van der Waals surface area contributed by atoms with E-state index < -0.39 is 6.10 Å². The standard InChI is InChI=1S/C16H20N2O2/c1-13(19)14-6-8-15(9-7-14)20-12-11-18(2)16-5-3-4-10-17-16/h3-10,13,19H,11-12H2,1-2H3/t13-/m1/s1. The Kier molecular flexibility index (Phi) is 4.96. The lowest BCUT2D eigenvalue weighted by Gasteiger charge is -2.18. The minimum absolute atomic E-state index is 0.445. The first-order chi connectivity index (χ1) is 9.66. The molecule has 0 bridgehead atoms. The van der Waals surface area contributed by atoms with Crippen LogP contribution in [0.2, 0.25) is 0 Å². The van der Waals surface area contributed by atoms with Crippen LogP contribution in [-0.4, -0.2) is 30.3 Å². The summed E-state index contributed by atoms with van der Waals surface area (Å²) in [7, 11) is 1.99. The van der Waals surface area contributed by atoms with Gasteiger partial charge < -0.3 is 14.7 Å². The summed E-state index contributed by atoms with van der Waals surface area (Å²) < 4.78 is 5.68. The maximum atomic E-state index is 9.44. The number of ether oxygens (including phenoxy) is 1. The van der Waals surface area contributed by atoms with Gasteiger partial charge in [0.2, 0.25) is 0 Å². The van der Waals surface area contributed by atoms with Gasteiger partial charge in [-0.2, -0.15) is 0 Å². The molecule has 106 valence electrons. The number of nitrogens with zero attached hydrogens (tertiary/aromatic N) is 2. The number of rotatable bonds is 6. The van der Waals surface area contributed by atoms with Gasteiger partial charge >= 0.3 is 0 Å². The van der Waals surface area contributed by atoms with E-state index in [0.717, 1.165) is 23.7 Å². The van der Waals surface area contributed by atoms with E-state index in [1.807, 2.05) is 54.4 Å². The van der Waals surface area contributed by atoms with E-state index in [9.17, 15) is 5.11 Å². The van der Waals surface area contributed by atoms with E-state index in [-0.39, 0.29) is 0 Å². The molecule has 0 fully saturated rings. The third-order valence-corrected chi connectivity index (χ3v) is 3.10. The first-order valence-corrected chi connectivity index (χ1v) is 6.70. The lowest BCUT2D eigenvalue weighted by Crippen LogP contribution is -2.24. The number of pyridine rings is 1. The number of hydrogen-bond donors (Lipinski definition) is 1. The highest BCUT2D eigenvalue weighted by Gasteiger charge is 2.03. The van der Waals surface area contributed by atoms with Gasteiger partial charge in [0.15, 0.2) is 0 Å². The second-order valence-corrected chi connectivity index (χ2v) is 4.70. The summed E-state index contributed by atoms with van der Waals surface area (Å²) in [5.74, 6) is 1.74. The van der Waals surface area contributed by atoms with E-state index in [1.165, 1.54) is 0 Å². The monoisotopic (exact) mass is 272 g/mol. The highest BCUT2D eigenvalue weighted by molar-refractivity contribution is 5.36. The Morgan fingerprint density at radius 2 is 1.95 bits per heavy atom. The number of hydrogen-bond acceptors (Lipinski definition) is 4. The van der Waals surface area contributed by atoms with E-state index >= 15 is 0 Å². The van der Waals surface area contributed by atoms with Crippen LogP contribution in [0.5, 0.6) is 5.75 Å². The summed E-state index contributed by atoms with van der Waals surface area (Å²) >= 11 is 0. The van der Waals surface area contributed by atoms with Crippen LogP contribution >= 0.6 is 0 Å². The van der Waals surface area contributed by atoms with Crippen molar-refractivity contribution in [3.8, 4) is 5.75 Å². The second-order valence-electron chi connectivity index (χ2n) is 4.70. The van der Waals surface area contributed by atoms with E-state index in [4.69, 9.17) is 4.74 Å². The van der Waals surface area contributed by atoms with Crippen molar-refractivity contribution in [2.75, 3.05) is 25.1 Å². The number of aromatic nitrogens is 1. The Morgan fingerprint density at radius 3 is 2.55 bits per heavy atom. The Bertz CT molecular complexity index is 512. The number of anilines is 1. The molecule has 0 radical (unpaired) electrons. The number of likely N-dealkylation sites (N-methyl/N-ethyl adjacent to an activating group) is 1. The summed E-state index contributed by atoms with van der Waals surface area (Å²) in [5, 5.41) is 9.44. The number of benzene rings is 1. The molecule has 4 heteroatoms. The fourth-order valence-corrected chi connectivity index (χ4v) is 1.84. The molecule has 0 unspecified atom stereocenters. The van der Waals surface area contributed by atoms with Crippen molar-refractivity contribution in [3.05, 3.63) is 54.2 Å². The molecule has 1 heterocycles. The Balaban J connectivity index is 1.81. The van der Waals surface area contributed by atoms with Crippen molar-refractivity contribution in [1.29, 1.82) is 0 Å². The van der Waals surface area contributed by atoms with Crippen LogP contribution in [0.4, 0.5) is 5.82 Å². The molecular formula is C16H20N2O2. The minimum atomic E-state index is -0.445. The first kappa shape index (κ1) is 14.3. The number of aliphatic hydroxyl groups excluding tert-OH is 1. The van der Waals surface area contributed by atoms with Gasteiger partial charge in [0.05, 0.1) is 12.6 Å². The lowest BCUT2D eigenvalue weighted by atomic mass is 10.1. The zero-order valence-corrected chi connectivity index (χ0v) is 11.9. The molecule has 0 aliphatic rings. The summed E-state index contributed by atoms with van der Waals surface area (Å²) in [5.41, 5.74) is 0.892. The Morgan fingerprint density at radius 1 is 1.20 bits per heavy atom. The van der Waals surface area contributed by atoms with Gasteiger partial charge in [0.25, 0.3) is 0 Å². The van der Waals surface area contributed by atoms with Crippen molar-refractivity contribution >= 4 is 5.82 Å². The molecule has 4 nitrogen and oxygen atoms in total. The molecule has 1 aromatic carbocycles. The molecule has 0 spiro atoms. The van der Waals surface area contributed by atoms with Crippen molar-refractivity contribution in [2.24, 2.45) is 0 Å². The molecule has 2 aromatic rings. The average molecular weight is 272 g/mol. The van der Waals surface area contributed by atoms with E-state index in [2.05, 4.69) is 4.98 Å². The normalized spacial score (nSPS) is 11.9. The third-order valence-electron chi connectivity index (χ3n) is 3.10. The van der Waals surface area contributed by atoms with Crippen LogP contribution in [0.1, 0.15) is 18.6 Å². The van der Waals surface area contributed by atoms with Gasteiger partial charge in [-0.25, -0.2) is 4.98 Å². The van der Waals surface area contributed by atoms with Crippen molar-refractivity contribution in [3.63, 3.8) is 0 Å². The fraction of sp³-hybridized carbons (Fsp3) is 0.312. The summed E-state index contributed by atoms with van der Waals surface area (Å²) in [6.07, 6.45) is 1.33. The molecule has 20 heavy (non-hydrogen) atoms. The minimum Gasteiger partial charge on any atom is -0.492 e. The summed E-state index contributed by atoms with van der Waals surface area (Å²) in [6, 6.07) is 13.3. The molecule has 0 saturated heterocycles. The van der Waals surface area contributed by atoms with Gasteiger partial charge in [-0.1, -0.05) is 18.2 Å². The maximum Gasteiger partial charge on any atom is 0.128 e. The lowest BCUT2D eigenvalue weighted by molar-refractivity contribution is 0.199. The van der Waals surface area contributed by atoms with Crippen LogP contribution in [0.25, 0.3) is 0 Å². The Labute approximate surface area is 119 Å². The van der Waals surface area contributed by atoms with Crippen molar-refractivity contribution in [2.45, 2.75) is 13.0 Å². The molecule has 0 saturated carbocycles. The van der Waals surface area contributed by atoms with Gasteiger partial charge in [-0.3, -0.25) is 0 Å². The highest BCUT2D eigenvalue weighted by Crippen LogP contribution is 2.17. The largest absolute Gasteiger partial charge is 0.492 e. The highest BCUT2D eigenvalue weighted by atomic mass is 16.5. The topological polar surface area (TPSA) is 45.6 Å². The predicted octanol–water partition coefficient (Wildman–Crippen LogP) is 2.65. The van der Waals surface area contributed by atoms with Gasteiger partial charge in [-0.05, 0) is 36.8 Å². The second kappa shape index (κ2) is 6.91. The fourth-order valence-electron chi connectivity index (χ4n) is 1.84. The smallest absolute Gasteiger partial charge is 0.128 e. The zero-order chi connectivity index (χ0) is 14.4. The molecule has 0 aliphatic carbocycles. The van der Waals surface area contributed by atoms with Crippen LogP contribution in [0, 0.1) is 0 Å². The van der Waals surface area contributed by atoms with Crippen LogP contribution in [0.3, 0.4) is 0 Å². The van der Waals surface area contributed by atoms with Crippen molar-refractivity contribution in [1.82, 2.24) is 4.98 Å². The van der Waals surface area contributed by atoms with Crippen LogP contribution in [0.15, 0.2) is 48.7 Å². The van der Waals surface area contributed by atoms with E-state index in [0.29, 0.717) is 6.61 Å². The average Bonchev–Trinajstić information content (AvgIpc) is 2.48. The molecular weight excluding hydrogens is 252 g/mol. The van der Waals surface area contributed by atoms with Gasteiger partial charge in [0.1, 0.15) is 18.2 Å². The van der Waals surface area contributed by atoms with Gasteiger partial charge in [0, 0.05) is 13.2 Å². The third kappa shape index (κ3) is 3.96. The van der Waals surface area contributed by atoms with Crippen molar-refractivity contribution < 1.29 is 9.84 Å². The quantitative estimate of drug-likeness (QED) is 0.878. The molecule has 2 rings (SSSR count). The van der Waals surface area contributed by atoms with E-state index in [1.54, 1.807) is 13.1 Å². The van der Waals surface area contributed by atoms with Crippen LogP contribution in [-0.2, 0) is 0 Å². The molecule has 1 atom stereocenters. The first-order valence-electron chi connectivity index (χ1n) is 6.70.